The predicted octanol–water partition coefficient (Wildman–Crippen LogP) is 2.11. The quantitative estimate of drug-likeness (QED) is 0.423. The van der Waals surface area contributed by atoms with E-state index < -0.39 is 16.4 Å². The van der Waals surface area contributed by atoms with Crippen molar-refractivity contribution >= 4 is 12.0 Å². The van der Waals surface area contributed by atoms with Crippen LogP contribution in [0.1, 0.15) is 22.8 Å². The molecule has 0 unspecified atom stereocenters. The molecule has 5 heteroatoms. The van der Waals surface area contributed by atoms with Crippen LogP contribution in [0, 0.1) is 15.9 Å². The molecule has 0 atom stereocenters. The highest BCUT2D eigenvalue weighted by Crippen LogP contribution is 2.21. The number of aldehydes is 1. The molecule has 1 aromatic carbocycles. The van der Waals surface area contributed by atoms with Crippen LogP contribution in [0.25, 0.3) is 0 Å². The van der Waals surface area contributed by atoms with Gasteiger partial charge in [-0.3, -0.25) is 14.9 Å². The molecular weight excluding hydrogens is 189 g/mol. The molecule has 0 aromatic heterocycles. The third-order valence-electron chi connectivity index (χ3n) is 1.91. The normalized spacial score (nSPS) is 9.86. The van der Waals surface area contributed by atoms with E-state index in [1.807, 2.05) is 0 Å². The highest BCUT2D eigenvalue weighted by atomic mass is 19.1. The van der Waals surface area contributed by atoms with Crippen molar-refractivity contribution in [1.82, 2.24) is 0 Å². The van der Waals surface area contributed by atoms with Gasteiger partial charge in [0.05, 0.1) is 4.92 Å². The van der Waals surface area contributed by atoms with Gasteiger partial charge in [-0.2, -0.15) is 4.39 Å². The lowest BCUT2D eigenvalue weighted by molar-refractivity contribution is -0.387. The van der Waals surface area contributed by atoms with Crippen LogP contribution < -0.4 is 0 Å². The summed E-state index contributed by atoms with van der Waals surface area (Å²) >= 11 is 0. The van der Waals surface area contributed by atoms with Gasteiger partial charge in [-0.05, 0) is 18.1 Å². The first-order valence-corrected chi connectivity index (χ1v) is 4.02. The summed E-state index contributed by atoms with van der Waals surface area (Å²) in [5.41, 5.74) is -0.0204. The van der Waals surface area contributed by atoms with Gasteiger partial charge in [0.1, 0.15) is 0 Å². The van der Waals surface area contributed by atoms with Gasteiger partial charge in [0.15, 0.2) is 6.29 Å². The number of carbonyl (C=O) groups excluding carboxylic acids is 1. The highest BCUT2D eigenvalue weighted by Gasteiger charge is 2.16. The topological polar surface area (TPSA) is 60.2 Å². The van der Waals surface area contributed by atoms with E-state index in [1.54, 1.807) is 6.92 Å². The Morgan fingerprint density at radius 3 is 2.64 bits per heavy atom. The van der Waals surface area contributed by atoms with E-state index >= 15 is 0 Å². The van der Waals surface area contributed by atoms with Crippen molar-refractivity contribution in [3.05, 3.63) is 39.2 Å². The summed E-state index contributed by atoms with van der Waals surface area (Å²) < 4.78 is 13.0. The fraction of sp³-hybridized carbons (Fsp3) is 0.222. The molecule has 0 aliphatic rings. The lowest BCUT2D eigenvalue weighted by atomic mass is 10.1. The molecule has 0 amide bonds. The molecule has 0 saturated heterocycles. The maximum atomic E-state index is 13.0. The third-order valence-corrected chi connectivity index (χ3v) is 1.91. The Morgan fingerprint density at radius 1 is 1.57 bits per heavy atom. The summed E-state index contributed by atoms with van der Waals surface area (Å²) in [5.74, 6) is -0.905. The van der Waals surface area contributed by atoms with Gasteiger partial charge in [0.25, 0.3) is 0 Å². The van der Waals surface area contributed by atoms with E-state index in [9.17, 15) is 19.3 Å². The number of nitrogens with zero attached hydrogens (tertiary/aromatic N) is 1. The van der Waals surface area contributed by atoms with E-state index in [2.05, 4.69) is 0 Å². The third kappa shape index (κ3) is 1.76. The predicted molar refractivity (Wildman–Crippen MR) is 47.8 cm³/mol. The maximum Gasteiger partial charge on any atom is 0.305 e. The van der Waals surface area contributed by atoms with Crippen LogP contribution in [0.2, 0.25) is 0 Å². The number of halogens is 1. The summed E-state index contributed by atoms with van der Waals surface area (Å²) in [6, 6.07) is 1.99. The molecule has 0 aliphatic heterocycles. The fourth-order valence-electron chi connectivity index (χ4n) is 1.17. The Labute approximate surface area is 79.5 Å². The van der Waals surface area contributed by atoms with Crippen LogP contribution in [0.15, 0.2) is 12.1 Å². The van der Waals surface area contributed by atoms with Crippen LogP contribution in [-0.2, 0) is 6.42 Å². The average Bonchev–Trinajstić information content (AvgIpc) is 2.16. The van der Waals surface area contributed by atoms with E-state index in [0.717, 1.165) is 12.1 Å². The van der Waals surface area contributed by atoms with Gasteiger partial charge >= 0.3 is 5.69 Å². The summed E-state index contributed by atoms with van der Waals surface area (Å²) in [6.07, 6.45) is 0.953. The average molecular weight is 197 g/mol. The molecular formula is C9H8FNO3. The number of benzene rings is 1. The maximum absolute atomic E-state index is 13.0. The Balaban J connectivity index is 3.37. The molecule has 1 aromatic rings. The smallest absolute Gasteiger partial charge is 0.298 e. The fourth-order valence-corrected chi connectivity index (χ4v) is 1.17. The zero-order valence-electron chi connectivity index (χ0n) is 7.49. The van der Waals surface area contributed by atoms with Crippen molar-refractivity contribution in [1.29, 1.82) is 0 Å². The van der Waals surface area contributed by atoms with E-state index in [-0.39, 0.29) is 5.56 Å². The number of nitro groups is 1. The molecule has 4 nitrogen and oxygen atoms in total. The van der Waals surface area contributed by atoms with Crippen LogP contribution in [0.4, 0.5) is 10.1 Å². The van der Waals surface area contributed by atoms with Gasteiger partial charge in [0, 0.05) is 11.6 Å². The number of rotatable bonds is 3. The molecule has 14 heavy (non-hydrogen) atoms. The lowest BCUT2D eigenvalue weighted by Gasteiger charge is -2.01. The van der Waals surface area contributed by atoms with Crippen LogP contribution in [0.3, 0.4) is 0 Å². The van der Waals surface area contributed by atoms with Gasteiger partial charge in [-0.1, -0.05) is 6.92 Å². The zero-order valence-corrected chi connectivity index (χ0v) is 7.49. The monoisotopic (exact) mass is 197 g/mol. The molecule has 0 aliphatic carbocycles. The molecule has 74 valence electrons. The van der Waals surface area contributed by atoms with Gasteiger partial charge < -0.3 is 0 Å². The number of aryl methyl sites for hydroxylation is 1. The minimum absolute atomic E-state index is 0.167. The zero-order chi connectivity index (χ0) is 10.7. The first-order valence-electron chi connectivity index (χ1n) is 4.02. The summed E-state index contributed by atoms with van der Waals surface area (Å²) in [4.78, 5) is 20.0. The van der Waals surface area contributed by atoms with E-state index in [1.165, 1.54) is 0 Å². The summed E-state index contributed by atoms with van der Waals surface area (Å²) in [6.45, 7) is 1.74. The van der Waals surface area contributed by atoms with E-state index in [4.69, 9.17) is 0 Å². The Morgan fingerprint density at radius 2 is 2.21 bits per heavy atom. The van der Waals surface area contributed by atoms with Gasteiger partial charge in [-0.25, -0.2) is 0 Å². The molecule has 1 rings (SSSR count). The van der Waals surface area contributed by atoms with Gasteiger partial charge in [0.2, 0.25) is 5.82 Å². The number of nitro benzene ring substituents is 1. The summed E-state index contributed by atoms with van der Waals surface area (Å²) in [5, 5.41) is 10.3. The summed E-state index contributed by atoms with van der Waals surface area (Å²) in [7, 11) is 0. The van der Waals surface area contributed by atoms with E-state index in [0.29, 0.717) is 18.3 Å². The molecule has 0 saturated carbocycles. The highest BCUT2D eigenvalue weighted by molar-refractivity contribution is 5.78. The molecule has 0 radical (unpaired) electrons. The van der Waals surface area contributed by atoms with Gasteiger partial charge in [-0.15, -0.1) is 0 Å². The number of hydrogen-bond donors (Lipinski definition) is 0. The number of hydrogen-bond acceptors (Lipinski definition) is 3. The number of carbonyl (C=O) groups is 1. The second-order valence-electron chi connectivity index (χ2n) is 2.73. The largest absolute Gasteiger partial charge is 0.305 e. The van der Waals surface area contributed by atoms with Crippen LogP contribution in [-0.4, -0.2) is 11.2 Å². The molecule has 0 N–H and O–H groups in total. The molecule has 0 spiro atoms. The standard InChI is InChI=1S/C9H8FNO3/c1-2-6-3-8(10)9(11(13)14)4-7(6)5-12/h3-5H,2H2,1H3. The van der Waals surface area contributed by atoms with Crippen molar-refractivity contribution in [2.45, 2.75) is 13.3 Å². The Hall–Kier alpha value is -1.78. The van der Waals surface area contributed by atoms with Crippen LogP contribution in [0.5, 0.6) is 0 Å². The SMILES string of the molecule is CCc1cc(F)c([N+](=O)[O-])cc1C=O. The van der Waals surface area contributed by atoms with Crippen molar-refractivity contribution in [3.8, 4) is 0 Å². The second-order valence-corrected chi connectivity index (χ2v) is 2.73. The molecule has 0 fully saturated rings. The minimum Gasteiger partial charge on any atom is -0.298 e. The van der Waals surface area contributed by atoms with Crippen molar-refractivity contribution in [3.63, 3.8) is 0 Å². The first-order chi connectivity index (χ1) is 6.60. The Kier molecular flexibility index (Phi) is 2.91. The van der Waals surface area contributed by atoms with Crippen molar-refractivity contribution < 1.29 is 14.1 Å². The molecule has 0 bridgehead atoms. The lowest BCUT2D eigenvalue weighted by Crippen LogP contribution is -1.98. The van der Waals surface area contributed by atoms with Crippen molar-refractivity contribution in [2.24, 2.45) is 0 Å². The van der Waals surface area contributed by atoms with Crippen LogP contribution >= 0.6 is 0 Å². The first kappa shape index (κ1) is 10.3. The second kappa shape index (κ2) is 3.95. The molecule has 0 heterocycles. The minimum atomic E-state index is -0.905. The Bertz CT molecular complexity index is 390. The van der Waals surface area contributed by atoms with Crippen molar-refractivity contribution in [2.75, 3.05) is 0 Å².